The lowest BCUT2D eigenvalue weighted by atomic mass is 10.1. The van der Waals surface area contributed by atoms with Crippen LogP contribution in [-0.2, 0) is 16.0 Å². The van der Waals surface area contributed by atoms with Crippen LogP contribution in [-0.4, -0.2) is 29.9 Å². The molecule has 1 aromatic heterocycles. The summed E-state index contributed by atoms with van der Waals surface area (Å²) in [5.74, 6) is -0.0660. The number of aromatic nitrogens is 1. The molecule has 0 bridgehead atoms. The first-order valence-electron chi connectivity index (χ1n) is 9.41. The quantitative estimate of drug-likeness (QED) is 0.537. The van der Waals surface area contributed by atoms with Gasteiger partial charge in [0.15, 0.2) is 5.75 Å². The smallest absolute Gasteiger partial charge is 0.331 e. The average molecular weight is 387 g/mol. The molecule has 4 rings (SSSR count). The molecule has 0 spiro atoms. The van der Waals surface area contributed by atoms with Gasteiger partial charge in [-0.3, -0.25) is 9.78 Å². The van der Waals surface area contributed by atoms with Gasteiger partial charge in [0, 0.05) is 18.1 Å². The van der Waals surface area contributed by atoms with Gasteiger partial charge in [-0.1, -0.05) is 18.2 Å². The number of carbonyl (C=O) groups excluding carboxylic acids is 2. The van der Waals surface area contributed by atoms with E-state index in [0.29, 0.717) is 5.75 Å². The van der Waals surface area contributed by atoms with Gasteiger partial charge in [0.1, 0.15) is 6.54 Å². The highest BCUT2D eigenvalue weighted by Crippen LogP contribution is 2.32. The fraction of sp³-hybridized carbons (Fsp3) is 0.174. The summed E-state index contributed by atoms with van der Waals surface area (Å²) in [7, 11) is 0. The van der Waals surface area contributed by atoms with E-state index < -0.39 is 0 Å². The second-order valence-corrected chi connectivity index (χ2v) is 7.08. The van der Waals surface area contributed by atoms with E-state index in [4.69, 9.17) is 4.74 Å². The number of amides is 1. The Hall–Kier alpha value is -3.67. The van der Waals surface area contributed by atoms with Gasteiger partial charge in [0.25, 0.3) is 0 Å². The van der Waals surface area contributed by atoms with Crippen molar-refractivity contribution < 1.29 is 14.3 Å². The molecule has 0 fully saturated rings. The maximum Gasteiger partial charge on any atom is 0.331 e. The molecule has 0 radical (unpaired) electrons. The lowest BCUT2D eigenvalue weighted by Gasteiger charge is -2.29. The van der Waals surface area contributed by atoms with Crippen molar-refractivity contribution in [3.8, 4) is 5.75 Å². The molecule has 6 heteroatoms. The van der Waals surface area contributed by atoms with Gasteiger partial charge < -0.3 is 15.0 Å². The summed E-state index contributed by atoms with van der Waals surface area (Å²) in [4.78, 5) is 30.2. The van der Waals surface area contributed by atoms with E-state index in [1.807, 2.05) is 55.5 Å². The fourth-order valence-corrected chi connectivity index (χ4v) is 3.31. The molecule has 29 heavy (non-hydrogen) atoms. The summed E-state index contributed by atoms with van der Waals surface area (Å²) in [6.07, 6.45) is 4.36. The third-order valence-corrected chi connectivity index (χ3v) is 4.73. The van der Waals surface area contributed by atoms with Crippen molar-refractivity contribution in [3.63, 3.8) is 0 Å². The Bertz CT molecular complexity index is 1030. The predicted octanol–water partition coefficient (Wildman–Crippen LogP) is 3.34. The standard InChI is InChI=1S/C23H21N3O3/c1-16-2-7-21-20(12-16)26(15-23(28)29-21)14-22(27)25-19-5-3-17(4-6-19)13-18-8-10-24-11-9-18/h2-12H,13-15H2,1H3,(H,25,27). The largest absolute Gasteiger partial charge is 0.423 e. The highest BCUT2D eigenvalue weighted by Gasteiger charge is 2.25. The van der Waals surface area contributed by atoms with Crippen LogP contribution in [0, 0.1) is 6.92 Å². The number of hydrogen-bond acceptors (Lipinski definition) is 5. The number of ether oxygens (including phenoxy) is 1. The van der Waals surface area contributed by atoms with E-state index in [9.17, 15) is 9.59 Å². The second-order valence-electron chi connectivity index (χ2n) is 7.08. The number of benzene rings is 2. The van der Waals surface area contributed by atoms with Crippen molar-refractivity contribution in [2.45, 2.75) is 13.3 Å². The highest BCUT2D eigenvalue weighted by molar-refractivity contribution is 5.96. The van der Waals surface area contributed by atoms with Crippen molar-refractivity contribution in [1.82, 2.24) is 4.98 Å². The molecule has 0 atom stereocenters. The molecule has 2 heterocycles. The lowest BCUT2D eigenvalue weighted by Crippen LogP contribution is -2.41. The molecule has 1 amide bonds. The maximum atomic E-state index is 12.5. The van der Waals surface area contributed by atoms with Crippen LogP contribution in [0.2, 0.25) is 0 Å². The molecular formula is C23H21N3O3. The minimum absolute atomic E-state index is 0.0503. The molecule has 0 saturated heterocycles. The van der Waals surface area contributed by atoms with E-state index in [1.54, 1.807) is 23.4 Å². The average Bonchev–Trinajstić information content (AvgIpc) is 2.71. The molecule has 1 aliphatic rings. The molecule has 1 N–H and O–H groups in total. The number of aryl methyl sites for hydroxylation is 1. The number of pyridine rings is 1. The number of nitrogens with one attached hydrogen (secondary N) is 1. The number of rotatable bonds is 5. The zero-order valence-electron chi connectivity index (χ0n) is 16.1. The zero-order chi connectivity index (χ0) is 20.2. The Morgan fingerprint density at radius 1 is 1.07 bits per heavy atom. The van der Waals surface area contributed by atoms with Gasteiger partial charge >= 0.3 is 5.97 Å². The third kappa shape index (κ3) is 4.60. The van der Waals surface area contributed by atoms with E-state index >= 15 is 0 Å². The van der Waals surface area contributed by atoms with Crippen molar-refractivity contribution in [3.05, 3.63) is 83.7 Å². The van der Waals surface area contributed by atoms with Crippen LogP contribution in [0.1, 0.15) is 16.7 Å². The number of anilines is 2. The molecule has 0 unspecified atom stereocenters. The van der Waals surface area contributed by atoms with Crippen molar-refractivity contribution in [2.75, 3.05) is 23.3 Å². The van der Waals surface area contributed by atoms with Crippen LogP contribution in [0.4, 0.5) is 11.4 Å². The molecule has 0 saturated carbocycles. The summed E-state index contributed by atoms with van der Waals surface area (Å²) in [6.45, 7) is 2.08. The lowest BCUT2D eigenvalue weighted by molar-refractivity contribution is -0.133. The van der Waals surface area contributed by atoms with Crippen molar-refractivity contribution in [1.29, 1.82) is 0 Å². The monoisotopic (exact) mass is 387 g/mol. The van der Waals surface area contributed by atoms with Crippen LogP contribution in [0.25, 0.3) is 0 Å². The van der Waals surface area contributed by atoms with E-state index in [2.05, 4.69) is 10.3 Å². The molecule has 6 nitrogen and oxygen atoms in total. The van der Waals surface area contributed by atoms with Gasteiger partial charge in [-0.2, -0.15) is 0 Å². The summed E-state index contributed by atoms with van der Waals surface area (Å²) < 4.78 is 5.26. The Kier molecular flexibility index (Phi) is 5.24. The predicted molar refractivity (Wildman–Crippen MR) is 111 cm³/mol. The molecular weight excluding hydrogens is 366 g/mol. The first-order chi connectivity index (χ1) is 14.1. The molecule has 2 aromatic carbocycles. The van der Waals surface area contributed by atoms with Gasteiger partial charge in [0.05, 0.1) is 12.2 Å². The van der Waals surface area contributed by atoms with E-state index in [1.165, 1.54) is 5.56 Å². The number of nitrogens with zero attached hydrogens (tertiary/aromatic N) is 2. The molecule has 146 valence electrons. The summed E-state index contributed by atoms with van der Waals surface area (Å²) in [5, 5.41) is 2.90. The topological polar surface area (TPSA) is 71.5 Å². The number of esters is 1. The van der Waals surface area contributed by atoms with Crippen LogP contribution < -0.4 is 15.0 Å². The first-order valence-corrected chi connectivity index (χ1v) is 9.41. The van der Waals surface area contributed by atoms with Crippen LogP contribution in [0.3, 0.4) is 0 Å². The number of carbonyl (C=O) groups is 2. The Morgan fingerprint density at radius 3 is 2.55 bits per heavy atom. The summed E-state index contributed by atoms with van der Waals surface area (Å²) in [6, 6.07) is 17.3. The zero-order valence-corrected chi connectivity index (χ0v) is 16.1. The minimum atomic E-state index is -0.366. The SMILES string of the molecule is Cc1ccc2c(c1)N(CC(=O)Nc1ccc(Cc3ccncc3)cc1)CC(=O)O2. The Morgan fingerprint density at radius 2 is 1.79 bits per heavy atom. The summed E-state index contributed by atoms with van der Waals surface area (Å²) >= 11 is 0. The van der Waals surface area contributed by atoms with Gasteiger partial charge in [-0.15, -0.1) is 0 Å². The van der Waals surface area contributed by atoms with E-state index in [0.717, 1.165) is 28.9 Å². The molecule has 1 aliphatic heterocycles. The van der Waals surface area contributed by atoms with Crippen molar-refractivity contribution >= 4 is 23.3 Å². The van der Waals surface area contributed by atoms with Crippen LogP contribution in [0.5, 0.6) is 5.75 Å². The van der Waals surface area contributed by atoms with E-state index in [-0.39, 0.29) is 25.0 Å². The molecule has 3 aromatic rings. The Labute approximate surface area is 169 Å². The van der Waals surface area contributed by atoms with Crippen LogP contribution in [0.15, 0.2) is 67.0 Å². The maximum absolute atomic E-state index is 12.5. The Balaban J connectivity index is 1.40. The number of hydrogen-bond donors (Lipinski definition) is 1. The minimum Gasteiger partial charge on any atom is -0.423 e. The fourth-order valence-electron chi connectivity index (χ4n) is 3.31. The summed E-state index contributed by atoms with van der Waals surface area (Å²) in [5.41, 5.74) is 4.85. The van der Waals surface area contributed by atoms with Crippen LogP contribution >= 0.6 is 0 Å². The second kappa shape index (κ2) is 8.14. The highest BCUT2D eigenvalue weighted by atomic mass is 16.5. The van der Waals surface area contributed by atoms with Gasteiger partial charge in [-0.25, -0.2) is 4.79 Å². The number of fused-ring (bicyclic) bond motifs is 1. The molecule has 0 aliphatic carbocycles. The van der Waals surface area contributed by atoms with Gasteiger partial charge in [0.2, 0.25) is 5.91 Å². The first kappa shape index (κ1) is 18.7. The third-order valence-electron chi connectivity index (χ3n) is 4.73. The normalized spacial score (nSPS) is 12.9. The van der Waals surface area contributed by atoms with Gasteiger partial charge in [-0.05, 0) is 66.4 Å². The van der Waals surface area contributed by atoms with Crippen molar-refractivity contribution in [2.24, 2.45) is 0 Å².